The van der Waals surface area contributed by atoms with Crippen molar-refractivity contribution in [3.05, 3.63) is 18.0 Å². The highest BCUT2D eigenvalue weighted by atomic mass is 16.5. The molecular weight excluding hydrogens is 266 g/mol. The number of hydrogen-bond acceptors (Lipinski definition) is 4. The van der Waals surface area contributed by atoms with Gasteiger partial charge in [0.2, 0.25) is 0 Å². The molecule has 2 atom stereocenters. The van der Waals surface area contributed by atoms with Gasteiger partial charge in [-0.25, -0.2) is 0 Å². The fourth-order valence-electron chi connectivity index (χ4n) is 2.88. The van der Waals surface area contributed by atoms with Crippen LogP contribution in [0.5, 0.6) is 0 Å². The zero-order valence-corrected chi connectivity index (χ0v) is 13.4. The first kappa shape index (κ1) is 16.0. The summed E-state index contributed by atoms with van der Waals surface area (Å²) in [5.41, 5.74) is 1.09. The maximum absolute atomic E-state index is 11.5. The SMILES string of the molecule is CCC(C)n1ccc(CN2CCCCC2CC(=O)OC)n1. The molecule has 21 heavy (non-hydrogen) atoms. The van der Waals surface area contributed by atoms with Gasteiger partial charge in [0.1, 0.15) is 0 Å². The molecule has 1 aliphatic heterocycles. The van der Waals surface area contributed by atoms with Crippen molar-refractivity contribution in [3.8, 4) is 0 Å². The van der Waals surface area contributed by atoms with Gasteiger partial charge < -0.3 is 4.74 Å². The maximum atomic E-state index is 11.5. The van der Waals surface area contributed by atoms with E-state index in [4.69, 9.17) is 4.74 Å². The first-order valence-electron chi connectivity index (χ1n) is 7.99. The number of methoxy groups -OCH3 is 1. The molecular formula is C16H27N3O2. The summed E-state index contributed by atoms with van der Waals surface area (Å²) in [5, 5.41) is 4.67. The number of rotatable bonds is 6. The molecule has 0 radical (unpaired) electrons. The molecule has 2 rings (SSSR count). The van der Waals surface area contributed by atoms with Crippen molar-refractivity contribution in [2.45, 2.75) is 64.6 Å². The summed E-state index contributed by atoms with van der Waals surface area (Å²) < 4.78 is 6.85. The van der Waals surface area contributed by atoms with E-state index in [1.165, 1.54) is 20.0 Å². The van der Waals surface area contributed by atoms with Crippen LogP contribution in [0.1, 0.15) is 57.7 Å². The van der Waals surface area contributed by atoms with E-state index < -0.39 is 0 Å². The minimum atomic E-state index is -0.114. The average molecular weight is 293 g/mol. The highest BCUT2D eigenvalue weighted by Gasteiger charge is 2.25. The van der Waals surface area contributed by atoms with Gasteiger partial charge >= 0.3 is 5.97 Å². The number of aromatic nitrogens is 2. The van der Waals surface area contributed by atoms with Crippen molar-refractivity contribution < 1.29 is 9.53 Å². The molecule has 1 aromatic heterocycles. The van der Waals surface area contributed by atoms with Gasteiger partial charge in [-0.05, 0) is 38.8 Å². The average Bonchev–Trinajstić information content (AvgIpc) is 2.97. The third-order valence-corrected chi connectivity index (χ3v) is 4.45. The predicted octanol–water partition coefficient (Wildman–Crippen LogP) is 2.77. The van der Waals surface area contributed by atoms with Crippen LogP contribution in [0.4, 0.5) is 0 Å². The molecule has 1 aliphatic rings. The summed E-state index contributed by atoms with van der Waals surface area (Å²) in [4.78, 5) is 13.9. The van der Waals surface area contributed by atoms with E-state index in [-0.39, 0.29) is 5.97 Å². The van der Waals surface area contributed by atoms with E-state index in [0.717, 1.165) is 31.6 Å². The molecule has 118 valence electrons. The van der Waals surface area contributed by atoms with Gasteiger partial charge in [0.05, 0.1) is 19.2 Å². The molecule has 0 N–H and O–H groups in total. The van der Waals surface area contributed by atoms with Crippen LogP contribution < -0.4 is 0 Å². The number of carbonyl (C=O) groups is 1. The van der Waals surface area contributed by atoms with E-state index in [0.29, 0.717) is 18.5 Å². The quantitative estimate of drug-likeness (QED) is 0.757. The fourth-order valence-corrected chi connectivity index (χ4v) is 2.88. The second-order valence-corrected chi connectivity index (χ2v) is 5.94. The molecule has 2 heterocycles. The first-order chi connectivity index (χ1) is 10.1. The minimum Gasteiger partial charge on any atom is -0.469 e. The summed E-state index contributed by atoms with van der Waals surface area (Å²) >= 11 is 0. The van der Waals surface area contributed by atoms with Crippen molar-refractivity contribution in [3.63, 3.8) is 0 Å². The number of hydrogen-bond donors (Lipinski definition) is 0. The van der Waals surface area contributed by atoms with Crippen molar-refractivity contribution in [2.75, 3.05) is 13.7 Å². The second kappa shape index (κ2) is 7.59. The molecule has 0 aromatic carbocycles. The Labute approximate surface area is 127 Å². The number of ether oxygens (including phenoxy) is 1. The van der Waals surface area contributed by atoms with Gasteiger partial charge in [-0.2, -0.15) is 5.10 Å². The Bertz CT molecular complexity index is 458. The smallest absolute Gasteiger partial charge is 0.307 e. The number of nitrogens with zero attached hydrogens (tertiary/aromatic N) is 3. The zero-order chi connectivity index (χ0) is 15.2. The lowest BCUT2D eigenvalue weighted by Crippen LogP contribution is -2.40. The number of piperidine rings is 1. The minimum absolute atomic E-state index is 0.114. The number of carbonyl (C=O) groups excluding carboxylic acids is 1. The Hall–Kier alpha value is -1.36. The lowest BCUT2D eigenvalue weighted by Gasteiger charge is -2.34. The largest absolute Gasteiger partial charge is 0.469 e. The van der Waals surface area contributed by atoms with Gasteiger partial charge in [0.25, 0.3) is 0 Å². The van der Waals surface area contributed by atoms with Crippen LogP contribution in [0.3, 0.4) is 0 Å². The Morgan fingerprint density at radius 2 is 2.33 bits per heavy atom. The molecule has 0 spiro atoms. The highest BCUT2D eigenvalue weighted by molar-refractivity contribution is 5.69. The van der Waals surface area contributed by atoms with Gasteiger partial charge in [0.15, 0.2) is 0 Å². The maximum Gasteiger partial charge on any atom is 0.307 e. The summed E-state index contributed by atoms with van der Waals surface area (Å²) in [6, 6.07) is 2.82. The molecule has 1 saturated heterocycles. The topological polar surface area (TPSA) is 47.4 Å². The highest BCUT2D eigenvalue weighted by Crippen LogP contribution is 2.22. The Balaban J connectivity index is 1.98. The molecule has 5 heteroatoms. The van der Waals surface area contributed by atoms with Crippen molar-refractivity contribution in [2.24, 2.45) is 0 Å². The van der Waals surface area contributed by atoms with Crippen LogP contribution in [0.2, 0.25) is 0 Å². The first-order valence-corrected chi connectivity index (χ1v) is 7.99. The van der Waals surface area contributed by atoms with Crippen LogP contribution in [0.25, 0.3) is 0 Å². The van der Waals surface area contributed by atoms with Crippen LogP contribution in [-0.4, -0.2) is 40.3 Å². The van der Waals surface area contributed by atoms with E-state index in [1.54, 1.807) is 0 Å². The van der Waals surface area contributed by atoms with Crippen molar-refractivity contribution in [1.29, 1.82) is 0 Å². The van der Waals surface area contributed by atoms with Crippen LogP contribution >= 0.6 is 0 Å². The molecule has 0 bridgehead atoms. The fraction of sp³-hybridized carbons (Fsp3) is 0.750. The van der Waals surface area contributed by atoms with Gasteiger partial charge in [-0.1, -0.05) is 13.3 Å². The molecule has 0 aliphatic carbocycles. The van der Waals surface area contributed by atoms with Crippen molar-refractivity contribution in [1.82, 2.24) is 14.7 Å². The number of esters is 1. The van der Waals surface area contributed by atoms with E-state index in [1.807, 2.05) is 4.68 Å². The summed E-state index contributed by atoms with van der Waals surface area (Å²) in [6.45, 7) is 6.21. The molecule has 2 unspecified atom stereocenters. The molecule has 0 saturated carbocycles. The normalized spacial score (nSPS) is 21.2. The summed E-state index contributed by atoms with van der Waals surface area (Å²) in [5.74, 6) is -0.114. The van der Waals surface area contributed by atoms with Crippen LogP contribution in [-0.2, 0) is 16.1 Å². The van der Waals surface area contributed by atoms with Crippen LogP contribution in [0, 0.1) is 0 Å². The Morgan fingerprint density at radius 1 is 1.52 bits per heavy atom. The van der Waals surface area contributed by atoms with Crippen molar-refractivity contribution >= 4 is 5.97 Å². The second-order valence-electron chi connectivity index (χ2n) is 5.94. The van der Waals surface area contributed by atoms with Gasteiger partial charge in [0, 0.05) is 24.8 Å². The summed E-state index contributed by atoms with van der Waals surface area (Å²) in [7, 11) is 1.46. The van der Waals surface area contributed by atoms with Gasteiger partial charge in [-0.15, -0.1) is 0 Å². The molecule has 1 fully saturated rings. The zero-order valence-electron chi connectivity index (χ0n) is 13.4. The van der Waals surface area contributed by atoms with Gasteiger partial charge in [-0.3, -0.25) is 14.4 Å². The third kappa shape index (κ3) is 4.30. The van der Waals surface area contributed by atoms with E-state index in [2.05, 4.69) is 36.1 Å². The Kier molecular flexibility index (Phi) is 5.79. The molecule has 5 nitrogen and oxygen atoms in total. The monoisotopic (exact) mass is 293 g/mol. The standard InChI is InChI=1S/C16H27N3O2/c1-4-13(2)19-10-8-14(17-19)12-18-9-6-5-7-15(18)11-16(20)21-3/h8,10,13,15H,4-7,9,11-12H2,1-3H3. The third-order valence-electron chi connectivity index (χ3n) is 4.45. The lowest BCUT2D eigenvalue weighted by atomic mass is 9.99. The van der Waals surface area contributed by atoms with E-state index >= 15 is 0 Å². The summed E-state index contributed by atoms with van der Waals surface area (Å²) in [6.07, 6.45) is 7.09. The molecule has 1 aromatic rings. The van der Waals surface area contributed by atoms with Crippen LogP contribution in [0.15, 0.2) is 12.3 Å². The predicted molar refractivity (Wildman–Crippen MR) is 81.9 cm³/mol. The number of likely N-dealkylation sites (tertiary alicyclic amines) is 1. The van der Waals surface area contributed by atoms with E-state index in [9.17, 15) is 4.79 Å². The lowest BCUT2D eigenvalue weighted by molar-refractivity contribution is -0.142. The Morgan fingerprint density at radius 3 is 3.05 bits per heavy atom. The molecule has 0 amide bonds.